The summed E-state index contributed by atoms with van der Waals surface area (Å²) in [6.07, 6.45) is 3.28. The highest BCUT2D eigenvalue weighted by Gasteiger charge is 2.21. The first-order valence-electron chi connectivity index (χ1n) is 8.92. The van der Waals surface area contributed by atoms with E-state index in [2.05, 4.69) is 31.4 Å². The van der Waals surface area contributed by atoms with Gasteiger partial charge in [0, 0.05) is 24.3 Å². The zero-order valence-corrected chi connectivity index (χ0v) is 16.6. The van der Waals surface area contributed by atoms with Gasteiger partial charge in [0.2, 0.25) is 0 Å². The summed E-state index contributed by atoms with van der Waals surface area (Å²) in [4.78, 5) is 27.0. The summed E-state index contributed by atoms with van der Waals surface area (Å²) in [5.41, 5.74) is 2.36. The van der Waals surface area contributed by atoms with E-state index in [0.717, 1.165) is 31.6 Å². The minimum atomic E-state index is -0.317. The van der Waals surface area contributed by atoms with E-state index in [-0.39, 0.29) is 17.7 Å². The molecule has 6 nitrogen and oxygen atoms in total. The van der Waals surface area contributed by atoms with Crippen molar-refractivity contribution in [1.82, 2.24) is 15.1 Å². The Morgan fingerprint density at radius 1 is 1.23 bits per heavy atom. The number of aromatic amines is 1. The lowest BCUT2D eigenvalue weighted by atomic mass is 10.1. The molecule has 1 saturated heterocycles. The maximum atomic E-state index is 12.6. The first kappa shape index (κ1) is 18.6. The van der Waals surface area contributed by atoms with Crippen molar-refractivity contribution in [3.8, 4) is 0 Å². The number of anilines is 1. The summed E-state index contributed by atoms with van der Waals surface area (Å²) in [7, 11) is 0. The van der Waals surface area contributed by atoms with Crippen LogP contribution in [0.25, 0.3) is 0 Å². The number of nitrogens with zero attached hydrogens (tertiary/aromatic N) is 2. The number of amides is 2. The van der Waals surface area contributed by atoms with Crippen molar-refractivity contribution in [2.45, 2.75) is 39.0 Å². The fraction of sp³-hybridized carbons (Fsp3) is 0.421. The first-order valence-corrected chi connectivity index (χ1v) is 9.71. The number of aromatic nitrogens is 2. The topological polar surface area (TPSA) is 78.1 Å². The van der Waals surface area contributed by atoms with Gasteiger partial charge in [-0.15, -0.1) is 0 Å². The van der Waals surface area contributed by atoms with Gasteiger partial charge in [-0.2, -0.15) is 5.10 Å². The lowest BCUT2D eigenvalue weighted by Crippen LogP contribution is -2.35. The first-order chi connectivity index (χ1) is 12.5. The van der Waals surface area contributed by atoms with Gasteiger partial charge in [0.05, 0.1) is 10.2 Å². The molecule has 2 amide bonds. The fourth-order valence-corrected chi connectivity index (χ4v) is 3.89. The van der Waals surface area contributed by atoms with Crippen LogP contribution in [0.15, 0.2) is 28.7 Å². The molecule has 0 unspecified atom stereocenters. The molecule has 7 heteroatoms. The van der Waals surface area contributed by atoms with Crippen LogP contribution in [0.3, 0.4) is 0 Å². The van der Waals surface area contributed by atoms with E-state index < -0.39 is 0 Å². The Bertz CT molecular complexity index is 810. The summed E-state index contributed by atoms with van der Waals surface area (Å²) in [5, 5.41) is 9.83. The van der Waals surface area contributed by atoms with Crippen LogP contribution in [-0.2, 0) is 0 Å². The van der Waals surface area contributed by atoms with Crippen molar-refractivity contribution in [1.29, 1.82) is 0 Å². The van der Waals surface area contributed by atoms with Crippen molar-refractivity contribution in [2.24, 2.45) is 0 Å². The smallest absolute Gasteiger partial charge is 0.277 e. The van der Waals surface area contributed by atoms with Crippen molar-refractivity contribution in [3.63, 3.8) is 0 Å². The number of piperidine rings is 1. The number of carbonyl (C=O) groups excluding carboxylic acids is 2. The molecule has 0 atom stereocenters. The van der Waals surface area contributed by atoms with E-state index in [1.54, 1.807) is 24.3 Å². The Hall–Kier alpha value is -2.15. The summed E-state index contributed by atoms with van der Waals surface area (Å²) in [5.74, 6) is -0.0737. The van der Waals surface area contributed by atoms with Gasteiger partial charge < -0.3 is 10.2 Å². The van der Waals surface area contributed by atoms with Gasteiger partial charge in [0.1, 0.15) is 0 Å². The molecule has 2 aromatic rings. The molecule has 1 aliphatic heterocycles. The number of H-pyrrole nitrogens is 1. The fourth-order valence-electron chi connectivity index (χ4n) is 3.07. The number of benzene rings is 1. The number of halogens is 1. The molecule has 1 aromatic carbocycles. The molecule has 138 valence electrons. The molecule has 0 radical (unpaired) electrons. The molecule has 0 saturated carbocycles. The van der Waals surface area contributed by atoms with Crippen molar-refractivity contribution in [2.75, 3.05) is 18.4 Å². The lowest BCUT2D eigenvalue weighted by molar-refractivity contribution is 0.0724. The predicted octanol–water partition coefficient (Wildman–Crippen LogP) is 4.17. The quantitative estimate of drug-likeness (QED) is 0.781. The second-order valence-corrected chi connectivity index (χ2v) is 7.64. The predicted molar refractivity (Wildman–Crippen MR) is 105 cm³/mol. The van der Waals surface area contributed by atoms with Crippen molar-refractivity contribution in [3.05, 3.63) is 45.7 Å². The Balaban J connectivity index is 1.74. The normalized spacial score (nSPS) is 14.5. The van der Waals surface area contributed by atoms with Crippen LogP contribution in [0.2, 0.25) is 0 Å². The largest absolute Gasteiger partial charge is 0.339 e. The summed E-state index contributed by atoms with van der Waals surface area (Å²) >= 11 is 3.44. The highest BCUT2D eigenvalue weighted by atomic mass is 79.9. The Morgan fingerprint density at radius 3 is 2.62 bits per heavy atom. The van der Waals surface area contributed by atoms with Gasteiger partial charge in [0.15, 0.2) is 5.69 Å². The van der Waals surface area contributed by atoms with Gasteiger partial charge in [0.25, 0.3) is 11.8 Å². The van der Waals surface area contributed by atoms with Crippen LogP contribution in [-0.4, -0.2) is 40.0 Å². The minimum absolute atomic E-state index is 0.0174. The van der Waals surface area contributed by atoms with Gasteiger partial charge in [-0.25, -0.2) is 0 Å². The number of likely N-dealkylation sites (tertiary alicyclic amines) is 1. The lowest BCUT2D eigenvalue weighted by Gasteiger charge is -2.26. The average molecular weight is 419 g/mol. The number of hydrogen-bond donors (Lipinski definition) is 2. The van der Waals surface area contributed by atoms with Gasteiger partial charge in [-0.05, 0) is 59.3 Å². The third-order valence-corrected chi connectivity index (χ3v) is 5.34. The van der Waals surface area contributed by atoms with Crippen LogP contribution in [0.1, 0.15) is 65.6 Å². The van der Waals surface area contributed by atoms with E-state index in [1.165, 1.54) is 6.42 Å². The second kappa shape index (κ2) is 8.03. The minimum Gasteiger partial charge on any atom is -0.339 e. The highest BCUT2D eigenvalue weighted by Crippen LogP contribution is 2.26. The van der Waals surface area contributed by atoms with Crippen LogP contribution >= 0.6 is 15.9 Å². The van der Waals surface area contributed by atoms with Crippen LogP contribution in [0, 0.1) is 0 Å². The van der Waals surface area contributed by atoms with Gasteiger partial charge in [-0.1, -0.05) is 19.9 Å². The van der Waals surface area contributed by atoms with E-state index >= 15 is 0 Å². The van der Waals surface area contributed by atoms with Crippen molar-refractivity contribution < 1.29 is 9.59 Å². The molecule has 0 spiro atoms. The van der Waals surface area contributed by atoms with Crippen LogP contribution < -0.4 is 5.32 Å². The number of carbonyl (C=O) groups is 2. The monoisotopic (exact) mass is 418 g/mol. The van der Waals surface area contributed by atoms with Crippen molar-refractivity contribution >= 4 is 33.4 Å². The number of hydrogen-bond acceptors (Lipinski definition) is 3. The number of rotatable bonds is 4. The maximum absolute atomic E-state index is 12.6. The Morgan fingerprint density at radius 2 is 1.96 bits per heavy atom. The highest BCUT2D eigenvalue weighted by molar-refractivity contribution is 9.10. The van der Waals surface area contributed by atoms with E-state index in [4.69, 9.17) is 0 Å². The molecule has 1 aromatic heterocycles. The third kappa shape index (κ3) is 3.98. The summed E-state index contributed by atoms with van der Waals surface area (Å²) in [6.45, 7) is 5.65. The molecule has 26 heavy (non-hydrogen) atoms. The molecule has 2 N–H and O–H groups in total. The van der Waals surface area contributed by atoms with Gasteiger partial charge in [-0.3, -0.25) is 14.7 Å². The molecular formula is C19H23BrN4O2. The molecule has 1 fully saturated rings. The van der Waals surface area contributed by atoms with Gasteiger partial charge >= 0.3 is 0 Å². The van der Waals surface area contributed by atoms with Crippen LogP contribution in [0.5, 0.6) is 0 Å². The second-order valence-electron chi connectivity index (χ2n) is 6.84. The van der Waals surface area contributed by atoms with E-state index in [0.29, 0.717) is 21.4 Å². The zero-order chi connectivity index (χ0) is 18.7. The molecule has 3 rings (SSSR count). The van der Waals surface area contributed by atoms with Crippen LogP contribution in [0.4, 0.5) is 5.69 Å². The molecule has 2 heterocycles. The summed E-state index contributed by atoms with van der Waals surface area (Å²) in [6, 6.07) is 7.06. The molecule has 0 bridgehead atoms. The summed E-state index contributed by atoms with van der Waals surface area (Å²) < 4.78 is 0.672. The number of nitrogens with one attached hydrogen (secondary N) is 2. The average Bonchev–Trinajstić information content (AvgIpc) is 3.04. The van der Waals surface area contributed by atoms with E-state index in [1.807, 2.05) is 18.7 Å². The third-order valence-electron chi connectivity index (χ3n) is 4.54. The standard InChI is InChI=1S/C19H23BrN4O2/c1-12(2)16-15(20)17(23-22-16)18(25)21-14-8-6-7-13(11-14)19(26)24-9-4-3-5-10-24/h6-8,11-12H,3-5,9-10H2,1-2H3,(H,21,25)(H,22,23). The SMILES string of the molecule is CC(C)c1[nH]nc(C(=O)Nc2cccc(C(=O)N3CCCCC3)c2)c1Br. The van der Waals surface area contributed by atoms with E-state index in [9.17, 15) is 9.59 Å². The Labute approximate surface area is 161 Å². The molecular weight excluding hydrogens is 396 g/mol. The zero-order valence-electron chi connectivity index (χ0n) is 15.0. The Kier molecular flexibility index (Phi) is 5.76. The maximum Gasteiger partial charge on any atom is 0.277 e. The molecule has 1 aliphatic rings. The molecule has 0 aliphatic carbocycles.